The summed E-state index contributed by atoms with van der Waals surface area (Å²) in [7, 11) is 0. The van der Waals surface area contributed by atoms with Gasteiger partial charge in [0.25, 0.3) is 0 Å². The normalized spacial score (nSPS) is 33.5. The first-order chi connectivity index (χ1) is 9.14. The van der Waals surface area contributed by atoms with Crippen LogP contribution in [0.15, 0.2) is 30.3 Å². The van der Waals surface area contributed by atoms with Crippen molar-refractivity contribution in [2.75, 3.05) is 13.1 Å². The summed E-state index contributed by atoms with van der Waals surface area (Å²) in [5, 5.41) is 0. The maximum absolute atomic E-state index is 5.95. The topological polar surface area (TPSA) is 29.3 Å². The smallest absolute Gasteiger partial charge is 0.0236 e. The average molecular weight is 258 g/mol. The Balaban J connectivity index is 1.69. The molecule has 104 valence electrons. The van der Waals surface area contributed by atoms with Crippen molar-refractivity contribution in [2.45, 2.75) is 39.3 Å². The minimum atomic E-state index is 0.457. The van der Waals surface area contributed by atoms with Crippen LogP contribution in [0.1, 0.15) is 32.3 Å². The number of nitrogens with zero attached hydrogens (tertiary/aromatic N) is 1. The molecule has 19 heavy (non-hydrogen) atoms. The second kappa shape index (κ2) is 4.92. The number of hydrogen-bond donors (Lipinski definition) is 1. The number of rotatable bonds is 4. The van der Waals surface area contributed by atoms with Gasteiger partial charge in [0.15, 0.2) is 0 Å². The molecule has 2 nitrogen and oxygen atoms in total. The van der Waals surface area contributed by atoms with Crippen LogP contribution in [-0.2, 0) is 6.54 Å². The number of benzene rings is 1. The van der Waals surface area contributed by atoms with Crippen molar-refractivity contribution in [3.63, 3.8) is 0 Å². The molecule has 3 rings (SSSR count). The molecule has 0 spiro atoms. The molecule has 2 fully saturated rings. The zero-order valence-corrected chi connectivity index (χ0v) is 12.2. The highest BCUT2D eigenvalue weighted by molar-refractivity contribution is 5.16. The van der Waals surface area contributed by atoms with Crippen LogP contribution in [-0.4, -0.2) is 24.0 Å². The monoisotopic (exact) mass is 258 g/mol. The first-order valence-corrected chi connectivity index (χ1v) is 7.62. The Bertz CT molecular complexity index is 426. The molecule has 0 bridgehead atoms. The summed E-state index contributed by atoms with van der Waals surface area (Å²) < 4.78 is 0. The third kappa shape index (κ3) is 2.32. The van der Waals surface area contributed by atoms with Crippen LogP contribution >= 0.6 is 0 Å². The van der Waals surface area contributed by atoms with Gasteiger partial charge in [0.2, 0.25) is 0 Å². The highest BCUT2D eigenvalue weighted by Crippen LogP contribution is 2.61. The molecule has 2 aliphatic rings. The van der Waals surface area contributed by atoms with E-state index in [0.29, 0.717) is 5.41 Å². The highest BCUT2D eigenvalue weighted by Gasteiger charge is 2.61. The van der Waals surface area contributed by atoms with Gasteiger partial charge in [0.05, 0.1) is 0 Å². The van der Waals surface area contributed by atoms with Gasteiger partial charge in [-0.3, -0.25) is 4.90 Å². The van der Waals surface area contributed by atoms with Crippen molar-refractivity contribution in [1.29, 1.82) is 0 Å². The van der Waals surface area contributed by atoms with Crippen molar-refractivity contribution in [1.82, 2.24) is 4.90 Å². The molecule has 1 heterocycles. The standard InChI is InChI=1S/C17H26N2/c1-17(2)14(11-18)16(17)15-9-6-10-19(15)12-13-7-4-3-5-8-13/h3-5,7-8,14-16H,6,9-12,18H2,1-2H3. The Morgan fingerprint density at radius 1 is 1.26 bits per heavy atom. The summed E-state index contributed by atoms with van der Waals surface area (Å²) >= 11 is 0. The van der Waals surface area contributed by atoms with E-state index in [0.717, 1.165) is 31.0 Å². The predicted octanol–water partition coefficient (Wildman–Crippen LogP) is 2.88. The zero-order chi connectivity index (χ0) is 13.5. The summed E-state index contributed by atoms with van der Waals surface area (Å²) in [6.07, 6.45) is 2.71. The van der Waals surface area contributed by atoms with Gasteiger partial charge in [0.1, 0.15) is 0 Å². The van der Waals surface area contributed by atoms with E-state index in [1.54, 1.807) is 0 Å². The van der Waals surface area contributed by atoms with E-state index >= 15 is 0 Å². The third-order valence-corrected chi connectivity index (χ3v) is 5.45. The average Bonchev–Trinajstić information content (AvgIpc) is 2.72. The maximum atomic E-state index is 5.95. The molecule has 1 aliphatic carbocycles. The Morgan fingerprint density at radius 2 is 2.00 bits per heavy atom. The predicted molar refractivity (Wildman–Crippen MR) is 79.7 cm³/mol. The number of likely N-dealkylation sites (tertiary alicyclic amines) is 1. The fraction of sp³-hybridized carbons (Fsp3) is 0.647. The molecule has 3 unspecified atom stereocenters. The fourth-order valence-electron chi connectivity index (χ4n) is 4.27. The van der Waals surface area contributed by atoms with Gasteiger partial charge in [0, 0.05) is 12.6 Å². The van der Waals surface area contributed by atoms with Gasteiger partial charge in [-0.1, -0.05) is 44.2 Å². The molecule has 0 amide bonds. The van der Waals surface area contributed by atoms with Crippen molar-refractivity contribution in [3.05, 3.63) is 35.9 Å². The molecule has 0 aromatic heterocycles. The molecule has 1 saturated heterocycles. The molecule has 1 aliphatic heterocycles. The quantitative estimate of drug-likeness (QED) is 0.900. The minimum absolute atomic E-state index is 0.457. The largest absolute Gasteiger partial charge is 0.330 e. The maximum Gasteiger partial charge on any atom is 0.0236 e. The van der Waals surface area contributed by atoms with E-state index in [9.17, 15) is 0 Å². The van der Waals surface area contributed by atoms with Crippen LogP contribution in [0.4, 0.5) is 0 Å². The Hall–Kier alpha value is -0.860. The molecular formula is C17H26N2. The SMILES string of the molecule is CC1(C)C(CN)C1C1CCCN1Cc1ccccc1. The van der Waals surface area contributed by atoms with E-state index < -0.39 is 0 Å². The van der Waals surface area contributed by atoms with Gasteiger partial charge < -0.3 is 5.73 Å². The first-order valence-electron chi connectivity index (χ1n) is 7.62. The minimum Gasteiger partial charge on any atom is -0.330 e. The van der Waals surface area contributed by atoms with Crippen LogP contribution in [0, 0.1) is 17.3 Å². The molecule has 2 heteroatoms. The molecular weight excluding hydrogens is 232 g/mol. The van der Waals surface area contributed by atoms with Crippen molar-refractivity contribution in [2.24, 2.45) is 23.0 Å². The van der Waals surface area contributed by atoms with Gasteiger partial charge >= 0.3 is 0 Å². The van der Waals surface area contributed by atoms with Crippen molar-refractivity contribution < 1.29 is 0 Å². The van der Waals surface area contributed by atoms with Crippen molar-refractivity contribution in [3.8, 4) is 0 Å². The van der Waals surface area contributed by atoms with Crippen molar-refractivity contribution >= 4 is 0 Å². The second-order valence-corrected chi connectivity index (χ2v) is 6.85. The van der Waals surface area contributed by atoms with Gasteiger partial charge in [-0.15, -0.1) is 0 Å². The lowest BCUT2D eigenvalue weighted by Crippen LogP contribution is -2.32. The van der Waals surface area contributed by atoms with Gasteiger partial charge in [-0.2, -0.15) is 0 Å². The molecule has 1 aromatic carbocycles. The van der Waals surface area contributed by atoms with Crippen LogP contribution < -0.4 is 5.73 Å². The Kier molecular flexibility index (Phi) is 3.40. The Morgan fingerprint density at radius 3 is 2.63 bits per heavy atom. The van der Waals surface area contributed by atoms with Gasteiger partial charge in [-0.25, -0.2) is 0 Å². The summed E-state index contributed by atoms with van der Waals surface area (Å²) in [6.45, 7) is 8.01. The van der Waals surface area contributed by atoms with E-state index in [2.05, 4.69) is 49.1 Å². The second-order valence-electron chi connectivity index (χ2n) is 6.85. The highest BCUT2D eigenvalue weighted by atomic mass is 15.2. The summed E-state index contributed by atoms with van der Waals surface area (Å²) in [4.78, 5) is 2.69. The van der Waals surface area contributed by atoms with Crippen LogP contribution in [0.3, 0.4) is 0 Å². The molecule has 0 radical (unpaired) electrons. The summed E-state index contributed by atoms with van der Waals surface area (Å²) in [5.41, 5.74) is 7.85. The molecule has 1 saturated carbocycles. The van der Waals surface area contributed by atoms with E-state index in [4.69, 9.17) is 5.73 Å². The first kappa shape index (κ1) is 13.1. The lowest BCUT2D eigenvalue weighted by molar-refractivity contribution is 0.206. The molecule has 3 atom stereocenters. The fourth-order valence-corrected chi connectivity index (χ4v) is 4.27. The molecule has 2 N–H and O–H groups in total. The number of nitrogens with two attached hydrogens (primary N) is 1. The van der Waals surface area contributed by atoms with Crippen LogP contribution in [0.5, 0.6) is 0 Å². The van der Waals surface area contributed by atoms with Crippen LogP contribution in [0.25, 0.3) is 0 Å². The van der Waals surface area contributed by atoms with E-state index in [1.165, 1.54) is 24.9 Å². The summed E-state index contributed by atoms with van der Waals surface area (Å²) in [5.74, 6) is 1.54. The van der Waals surface area contributed by atoms with Crippen LogP contribution in [0.2, 0.25) is 0 Å². The number of hydrogen-bond acceptors (Lipinski definition) is 2. The Labute approximate surface area is 117 Å². The molecule has 1 aromatic rings. The third-order valence-electron chi connectivity index (χ3n) is 5.45. The van der Waals surface area contributed by atoms with Gasteiger partial charge in [-0.05, 0) is 48.7 Å². The lowest BCUT2D eigenvalue weighted by atomic mass is 10.0. The summed E-state index contributed by atoms with van der Waals surface area (Å²) in [6, 6.07) is 11.6. The van der Waals surface area contributed by atoms with E-state index in [-0.39, 0.29) is 0 Å². The zero-order valence-electron chi connectivity index (χ0n) is 12.2. The lowest BCUT2D eigenvalue weighted by Gasteiger charge is -2.26. The van der Waals surface area contributed by atoms with E-state index in [1.807, 2.05) is 0 Å².